The van der Waals surface area contributed by atoms with E-state index in [0.717, 1.165) is 5.56 Å². The van der Waals surface area contributed by atoms with Crippen LogP contribution in [-0.2, 0) is 9.53 Å². The Morgan fingerprint density at radius 2 is 2.33 bits per heavy atom. The number of aliphatic hydroxyl groups is 1. The first kappa shape index (κ1) is 16.1. The maximum atomic E-state index is 12.2. The van der Waals surface area contributed by atoms with E-state index in [4.69, 9.17) is 26.2 Å². The van der Waals surface area contributed by atoms with Crippen LogP contribution in [0, 0.1) is 6.92 Å². The summed E-state index contributed by atoms with van der Waals surface area (Å²) >= 11 is 5.95. The Balaban J connectivity index is 1.92. The molecule has 1 aliphatic heterocycles. The number of carbonyl (C=O) groups is 1. The summed E-state index contributed by atoms with van der Waals surface area (Å²) in [6.07, 6.45) is -0.317. The first-order valence-electron chi connectivity index (χ1n) is 6.92. The Morgan fingerprint density at radius 3 is 3.00 bits per heavy atom. The molecule has 0 aromatic heterocycles. The van der Waals surface area contributed by atoms with Crippen molar-refractivity contribution in [3.63, 3.8) is 0 Å². The number of nitrogens with zero attached hydrogens (tertiary/aromatic N) is 1. The number of hydrogen-bond acceptors (Lipinski definition) is 4. The number of halogens is 1. The minimum Gasteiger partial charge on any atom is -0.484 e. The van der Waals surface area contributed by atoms with Gasteiger partial charge in [0.15, 0.2) is 6.61 Å². The van der Waals surface area contributed by atoms with Gasteiger partial charge in [0.2, 0.25) is 0 Å². The molecule has 1 amide bonds. The fourth-order valence-electron chi connectivity index (χ4n) is 2.21. The summed E-state index contributed by atoms with van der Waals surface area (Å²) in [5.41, 5.74) is 0.904. The summed E-state index contributed by atoms with van der Waals surface area (Å²) in [7, 11) is 0. The largest absolute Gasteiger partial charge is 0.484 e. The molecular weight excluding hydrogens is 294 g/mol. The molecule has 1 N–H and O–H groups in total. The fourth-order valence-corrected chi connectivity index (χ4v) is 2.33. The second-order valence-corrected chi connectivity index (χ2v) is 5.64. The van der Waals surface area contributed by atoms with E-state index in [0.29, 0.717) is 23.9 Å². The standard InChI is InChI=1S/C15H20ClNO4/c1-10-5-12(3-4-14(10)16)21-9-15(19)17-6-13(7-18)20-8-11(17)2/h3-5,11,13,18H,6-9H2,1-2H3. The highest BCUT2D eigenvalue weighted by atomic mass is 35.5. The zero-order chi connectivity index (χ0) is 15.4. The van der Waals surface area contributed by atoms with Crippen molar-refractivity contribution in [1.29, 1.82) is 0 Å². The van der Waals surface area contributed by atoms with Crippen LogP contribution in [-0.4, -0.2) is 54.4 Å². The highest BCUT2D eigenvalue weighted by Crippen LogP contribution is 2.21. The Morgan fingerprint density at radius 1 is 1.57 bits per heavy atom. The van der Waals surface area contributed by atoms with Gasteiger partial charge in [-0.2, -0.15) is 0 Å². The Bertz CT molecular complexity index is 508. The van der Waals surface area contributed by atoms with E-state index in [2.05, 4.69) is 0 Å². The van der Waals surface area contributed by atoms with Crippen molar-refractivity contribution < 1.29 is 19.4 Å². The van der Waals surface area contributed by atoms with Crippen molar-refractivity contribution in [3.8, 4) is 5.75 Å². The monoisotopic (exact) mass is 313 g/mol. The lowest BCUT2D eigenvalue weighted by Crippen LogP contribution is -2.53. The summed E-state index contributed by atoms with van der Waals surface area (Å²) in [4.78, 5) is 13.9. The molecule has 0 spiro atoms. The number of hydrogen-bond donors (Lipinski definition) is 1. The maximum Gasteiger partial charge on any atom is 0.260 e. The van der Waals surface area contributed by atoms with Crippen LogP contribution in [0.3, 0.4) is 0 Å². The van der Waals surface area contributed by atoms with E-state index in [1.54, 1.807) is 23.1 Å². The quantitative estimate of drug-likeness (QED) is 0.918. The van der Waals surface area contributed by atoms with Crippen LogP contribution < -0.4 is 4.74 Å². The molecule has 1 fully saturated rings. The third kappa shape index (κ3) is 4.09. The van der Waals surface area contributed by atoms with Gasteiger partial charge in [0.1, 0.15) is 5.75 Å². The molecule has 2 rings (SSSR count). The predicted molar refractivity (Wildman–Crippen MR) is 79.7 cm³/mol. The van der Waals surface area contributed by atoms with Crippen molar-refractivity contribution in [3.05, 3.63) is 28.8 Å². The number of morpholine rings is 1. The highest BCUT2D eigenvalue weighted by molar-refractivity contribution is 6.31. The molecule has 1 heterocycles. The van der Waals surface area contributed by atoms with Gasteiger partial charge >= 0.3 is 0 Å². The van der Waals surface area contributed by atoms with Gasteiger partial charge in [-0.15, -0.1) is 0 Å². The highest BCUT2D eigenvalue weighted by Gasteiger charge is 2.29. The molecule has 0 bridgehead atoms. The van der Waals surface area contributed by atoms with Crippen LogP contribution in [0.1, 0.15) is 12.5 Å². The van der Waals surface area contributed by atoms with Gasteiger partial charge in [0, 0.05) is 11.6 Å². The summed E-state index contributed by atoms with van der Waals surface area (Å²) in [6, 6.07) is 5.27. The summed E-state index contributed by atoms with van der Waals surface area (Å²) < 4.78 is 10.9. The molecule has 2 atom stereocenters. The summed E-state index contributed by atoms with van der Waals surface area (Å²) in [5, 5.41) is 9.80. The normalized spacial score (nSPS) is 22.2. The van der Waals surface area contributed by atoms with Crippen molar-refractivity contribution >= 4 is 17.5 Å². The van der Waals surface area contributed by atoms with E-state index in [9.17, 15) is 4.79 Å². The predicted octanol–water partition coefficient (Wildman–Crippen LogP) is 1.64. The molecule has 21 heavy (non-hydrogen) atoms. The van der Waals surface area contributed by atoms with Gasteiger partial charge < -0.3 is 19.5 Å². The topological polar surface area (TPSA) is 59.0 Å². The minimum atomic E-state index is -0.317. The second-order valence-electron chi connectivity index (χ2n) is 5.23. The van der Waals surface area contributed by atoms with E-state index >= 15 is 0 Å². The third-order valence-electron chi connectivity index (χ3n) is 3.52. The Hall–Kier alpha value is -1.30. The fraction of sp³-hybridized carbons (Fsp3) is 0.533. The molecule has 1 aromatic carbocycles. The number of amides is 1. The van der Waals surface area contributed by atoms with Crippen LogP contribution in [0.4, 0.5) is 0 Å². The first-order valence-corrected chi connectivity index (χ1v) is 7.30. The van der Waals surface area contributed by atoms with Crippen LogP contribution in [0.5, 0.6) is 5.75 Å². The van der Waals surface area contributed by atoms with Gasteiger partial charge in [-0.25, -0.2) is 0 Å². The van der Waals surface area contributed by atoms with Crippen molar-refractivity contribution in [2.45, 2.75) is 26.0 Å². The lowest BCUT2D eigenvalue weighted by Gasteiger charge is -2.37. The number of ether oxygens (including phenoxy) is 2. The van der Waals surface area contributed by atoms with Gasteiger partial charge in [-0.05, 0) is 37.6 Å². The first-order chi connectivity index (χ1) is 10.0. The molecule has 1 saturated heterocycles. The number of carbonyl (C=O) groups excluding carboxylic acids is 1. The molecule has 6 heteroatoms. The molecule has 116 valence electrons. The molecule has 5 nitrogen and oxygen atoms in total. The van der Waals surface area contributed by atoms with Crippen molar-refractivity contribution in [2.75, 3.05) is 26.4 Å². The molecule has 2 unspecified atom stereocenters. The van der Waals surface area contributed by atoms with Crippen LogP contribution in [0.2, 0.25) is 5.02 Å². The summed E-state index contributed by atoms with van der Waals surface area (Å²) in [6.45, 7) is 4.48. The number of rotatable bonds is 4. The minimum absolute atomic E-state index is 0.0177. The molecule has 1 aliphatic rings. The van der Waals surface area contributed by atoms with Crippen LogP contribution in [0.15, 0.2) is 18.2 Å². The average Bonchev–Trinajstić information content (AvgIpc) is 2.48. The van der Waals surface area contributed by atoms with E-state index in [1.807, 2.05) is 13.8 Å². The second kappa shape index (κ2) is 7.11. The lowest BCUT2D eigenvalue weighted by molar-refractivity contribution is -0.148. The smallest absolute Gasteiger partial charge is 0.260 e. The molecule has 0 aliphatic carbocycles. The Kier molecular flexibility index (Phi) is 5.45. The van der Waals surface area contributed by atoms with E-state index in [-0.39, 0.29) is 31.3 Å². The van der Waals surface area contributed by atoms with Crippen molar-refractivity contribution in [2.24, 2.45) is 0 Å². The Labute approximate surface area is 129 Å². The zero-order valence-electron chi connectivity index (χ0n) is 12.2. The third-order valence-corrected chi connectivity index (χ3v) is 3.95. The lowest BCUT2D eigenvalue weighted by atomic mass is 10.2. The molecule has 0 radical (unpaired) electrons. The van der Waals surface area contributed by atoms with Gasteiger partial charge in [0.25, 0.3) is 5.91 Å². The maximum absolute atomic E-state index is 12.2. The zero-order valence-corrected chi connectivity index (χ0v) is 13.0. The van der Waals surface area contributed by atoms with Gasteiger partial charge in [0.05, 0.1) is 25.4 Å². The SMILES string of the molecule is Cc1cc(OCC(=O)N2CC(CO)OCC2C)ccc1Cl. The van der Waals surface area contributed by atoms with Crippen LogP contribution in [0.25, 0.3) is 0 Å². The molecule has 0 saturated carbocycles. The number of aryl methyl sites for hydroxylation is 1. The van der Waals surface area contributed by atoms with Gasteiger partial charge in [-0.3, -0.25) is 4.79 Å². The molecular formula is C15H20ClNO4. The molecule has 1 aromatic rings. The van der Waals surface area contributed by atoms with Gasteiger partial charge in [-0.1, -0.05) is 11.6 Å². The van der Waals surface area contributed by atoms with E-state index in [1.165, 1.54) is 0 Å². The average molecular weight is 314 g/mol. The van der Waals surface area contributed by atoms with Crippen LogP contribution >= 0.6 is 11.6 Å². The number of aliphatic hydroxyl groups excluding tert-OH is 1. The van der Waals surface area contributed by atoms with Crippen molar-refractivity contribution in [1.82, 2.24) is 4.90 Å². The van der Waals surface area contributed by atoms with E-state index < -0.39 is 0 Å². The number of benzene rings is 1. The summed E-state index contributed by atoms with van der Waals surface area (Å²) in [5.74, 6) is 0.502.